The first-order valence-electron chi connectivity index (χ1n) is 10.6. The molecule has 0 aliphatic carbocycles. The molecular weight excluding hydrogens is 386 g/mol. The minimum Gasteiger partial charge on any atom is -0.492 e. The van der Waals surface area contributed by atoms with Crippen molar-refractivity contribution in [3.63, 3.8) is 0 Å². The third-order valence-corrected chi connectivity index (χ3v) is 5.39. The van der Waals surface area contributed by atoms with E-state index in [4.69, 9.17) is 9.72 Å². The number of amides is 1. The molecule has 0 fully saturated rings. The summed E-state index contributed by atoms with van der Waals surface area (Å²) in [5.74, 6) is 1.66. The highest BCUT2D eigenvalue weighted by Crippen LogP contribution is 2.21. The van der Waals surface area contributed by atoms with Crippen LogP contribution in [0.1, 0.15) is 29.9 Å². The fraction of sp³-hybridized carbons (Fsp3) is 0.231. The molecule has 3 aromatic carbocycles. The highest BCUT2D eigenvalue weighted by atomic mass is 16.5. The van der Waals surface area contributed by atoms with Gasteiger partial charge in [0.1, 0.15) is 18.2 Å². The number of nitrogens with zero attached hydrogens (tertiary/aromatic N) is 2. The van der Waals surface area contributed by atoms with E-state index in [1.807, 2.05) is 86.6 Å². The SMILES string of the molecule is Cc1ccccc1CC(=O)NC(C)c1nc2ccccc2n1CCOc1ccccc1. The van der Waals surface area contributed by atoms with E-state index in [0.717, 1.165) is 33.7 Å². The first kappa shape index (κ1) is 20.7. The van der Waals surface area contributed by atoms with Crippen LogP contribution >= 0.6 is 0 Å². The van der Waals surface area contributed by atoms with Crippen molar-refractivity contribution < 1.29 is 9.53 Å². The van der Waals surface area contributed by atoms with Gasteiger partial charge in [0.15, 0.2) is 0 Å². The van der Waals surface area contributed by atoms with Gasteiger partial charge in [0.25, 0.3) is 0 Å². The number of carbonyl (C=O) groups is 1. The Labute approximate surface area is 182 Å². The summed E-state index contributed by atoms with van der Waals surface area (Å²) < 4.78 is 8.04. The lowest BCUT2D eigenvalue weighted by Crippen LogP contribution is -2.30. The predicted molar refractivity (Wildman–Crippen MR) is 123 cm³/mol. The third-order valence-electron chi connectivity index (χ3n) is 5.39. The number of rotatable bonds is 8. The van der Waals surface area contributed by atoms with Gasteiger partial charge in [-0.15, -0.1) is 0 Å². The molecule has 5 heteroatoms. The molecule has 1 heterocycles. The zero-order chi connectivity index (χ0) is 21.6. The lowest BCUT2D eigenvalue weighted by Gasteiger charge is -2.17. The third kappa shape index (κ3) is 4.94. The number of hydrogen-bond donors (Lipinski definition) is 1. The Morgan fingerprint density at radius 1 is 1.00 bits per heavy atom. The van der Waals surface area contributed by atoms with Crippen LogP contribution in [0.25, 0.3) is 11.0 Å². The van der Waals surface area contributed by atoms with Crippen LogP contribution in [0.5, 0.6) is 5.75 Å². The van der Waals surface area contributed by atoms with E-state index in [0.29, 0.717) is 19.6 Å². The standard InChI is InChI=1S/C26H27N3O2/c1-19-10-6-7-11-21(19)18-25(30)27-20(2)26-28-23-14-8-9-15-24(23)29(26)16-17-31-22-12-4-3-5-13-22/h3-15,20H,16-18H2,1-2H3,(H,27,30). The molecule has 1 atom stereocenters. The summed E-state index contributed by atoms with van der Waals surface area (Å²) in [7, 11) is 0. The van der Waals surface area contributed by atoms with E-state index < -0.39 is 0 Å². The minimum atomic E-state index is -0.222. The fourth-order valence-electron chi connectivity index (χ4n) is 3.77. The smallest absolute Gasteiger partial charge is 0.225 e. The molecule has 0 aliphatic rings. The molecule has 0 spiro atoms. The zero-order valence-electron chi connectivity index (χ0n) is 17.9. The molecule has 5 nitrogen and oxygen atoms in total. The molecule has 31 heavy (non-hydrogen) atoms. The molecule has 0 saturated carbocycles. The molecule has 0 radical (unpaired) electrons. The van der Waals surface area contributed by atoms with Crippen LogP contribution in [0.3, 0.4) is 0 Å². The number of aryl methyl sites for hydroxylation is 1. The van der Waals surface area contributed by atoms with E-state index in [2.05, 4.69) is 16.0 Å². The second kappa shape index (κ2) is 9.47. The van der Waals surface area contributed by atoms with Crippen LogP contribution in [0.2, 0.25) is 0 Å². The van der Waals surface area contributed by atoms with Crippen molar-refractivity contribution in [2.75, 3.05) is 6.61 Å². The Morgan fingerprint density at radius 2 is 1.71 bits per heavy atom. The number of para-hydroxylation sites is 3. The van der Waals surface area contributed by atoms with Gasteiger partial charge in [-0.05, 0) is 49.2 Å². The van der Waals surface area contributed by atoms with Gasteiger partial charge in [0, 0.05) is 0 Å². The molecular formula is C26H27N3O2. The van der Waals surface area contributed by atoms with Crippen molar-refractivity contribution in [1.29, 1.82) is 0 Å². The van der Waals surface area contributed by atoms with E-state index in [9.17, 15) is 4.79 Å². The molecule has 0 saturated heterocycles. The van der Waals surface area contributed by atoms with Crippen molar-refractivity contribution >= 4 is 16.9 Å². The van der Waals surface area contributed by atoms with Crippen LogP contribution in [0.4, 0.5) is 0 Å². The van der Waals surface area contributed by atoms with Crippen molar-refractivity contribution in [2.45, 2.75) is 32.9 Å². The van der Waals surface area contributed by atoms with E-state index >= 15 is 0 Å². The average Bonchev–Trinajstić information content (AvgIpc) is 3.15. The van der Waals surface area contributed by atoms with Crippen molar-refractivity contribution in [2.24, 2.45) is 0 Å². The Kier molecular flexibility index (Phi) is 6.32. The van der Waals surface area contributed by atoms with E-state index in [1.165, 1.54) is 0 Å². The number of nitrogens with one attached hydrogen (secondary N) is 1. The molecule has 1 aromatic heterocycles. The topological polar surface area (TPSA) is 56.2 Å². The quantitative estimate of drug-likeness (QED) is 0.450. The second-order valence-corrected chi connectivity index (χ2v) is 7.66. The average molecular weight is 414 g/mol. The zero-order valence-corrected chi connectivity index (χ0v) is 17.9. The maximum Gasteiger partial charge on any atom is 0.225 e. The van der Waals surface area contributed by atoms with Gasteiger partial charge in [-0.25, -0.2) is 4.98 Å². The predicted octanol–water partition coefficient (Wildman–Crippen LogP) is 4.84. The lowest BCUT2D eigenvalue weighted by molar-refractivity contribution is -0.121. The number of ether oxygens (including phenoxy) is 1. The summed E-state index contributed by atoms with van der Waals surface area (Å²) in [4.78, 5) is 17.5. The van der Waals surface area contributed by atoms with Gasteiger partial charge in [-0.1, -0.05) is 54.6 Å². The molecule has 1 unspecified atom stereocenters. The summed E-state index contributed by atoms with van der Waals surface area (Å²) in [6.45, 7) is 5.16. The Balaban J connectivity index is 1.50. The largest absolute Gasteiger partial charge is 0.492 e. The molecule has 0 bridgehead atoms. The van der Waals surface area contributed by atoms with Crippen LogP contribution < -0.4 is 10.1 Å². The Hall–Kier alpha value is -3.60. The van der Waals surface area contributed by atoms with Gasteiger partial charge < -0.3 is 14.6 Å². The summed E-state index contributed by atoms with van der Waals surface area (Å²) in [5.41, 5.74) is 4.11. The number of benzene rings is 3. The molecule has 1 amide bonds. The molecule has 0 aliphatic heterocycles. The Morgan fingerprint density at radius 3 is 2.52 bits per heavy atom. The van der Waals surface area contributed by atoms with Crippen molar-refractivity contribution in [3.05, 3.63) is 95.8 Å². The maximum absolute atomic E-state index is 12.7. The normalized spacial score (nSPS) is 11.9. The summed E-state index contributed by atoms with van der Waals surface area (Å²) in [5, 5.41) is 3.12. The van der Waals surface area contributed by atoms with Crippen LogP contribution in [-0.4, -0.2) is 22.1 Å². The van der Waals surface area contributed by atoms with Crippen molar-refractivity contribution in [1.82, 2.24) is 14.9 Å². The van der Waals surface area contributed by atoms with Gasteiger partial charge in [-0.2, -0.15) is 0 Å². The summed E-state index contributed by atoms with van der Waals surface area (Å²) in [6.07, 6.45) is 0.356. The van der Waals surface area contributed by atoms with Crippen LogP contribution in [0, 0.1) is 6.92 Å². The van der Waals surface area contributed by atoms with Crippen LogP contribution in [0.15, 0.2) is 78.9 Å². The molecule has 158 valence electrons. The molecule has 1 N–H and O–H groups in total. The fourth-order valence-corrected chi connectivity index (χ4v) is 3.77. The maximum atomic E-state index is 12.7. The number of carbonyl (C=O) groups excluding carboxylic acids is 1. The van der Waals surface area contributed by atoms with E-state index in [-0.39, 0.29) is 11.9 Å². The number of imidazole rings is 1. The molecule has 4 aromatic rings. The van der Waals surface area contributed by atoms with Gasteiger partial charge in [0.05, 0.1) is 30.0 Å². The number of aromatic nitrogens is 2. The minimum absolute atomic E-state index is 0.0130. The van der Waals surface area contributed by atoms with Crippen LogP contribution in [-0.2, 0) is 17.8 Å². The first-order chi connectivity index (χ1) is 15.1. The number of fused-ring (bicyclic) bond motifs is 1. The van der Waals surface area contributed by atoms with Gasteiger partial charge >= 0.3 is 0 Å². The second-order valence-electron chi connectivity index (χ2n) is 7.66. The van der Waals surface area contributed by atoms with E-state index in [1.54, 1.807) is 0 Å². The monoisotopic (exact) mass is 413 g/mol. The summed E-state index contributed by atoms with van der Waals surface area (Å²) >= 11 is 0. The highest BCUT2D eigenvalue weighted by Gasteiger charge is 2.19. The van der Waals surface area contributed by atoms with Gasteiger partial charge in [-0.3, -0.25) is 4.79 Å². The summed E-state index contributed by atoms with van der Waals surface area (Å²) in [6, 6.07) is 25.6. The number of hydrogen-bond acceptors (Lipinski definition) is 3. The van der Waals surface area contributed by atoms with Gasteiger partial charge in [0.2, 0.25) is 5.91 Å². The Bertz CT molecular complexity index is 1170. The van der Waals surface area contributed by atoms with Crippen molar-refractivity contribution in [3.8, 4) is 5.75 Å². The molecule has 4 rings (SSSR count). The first-order valence-corrected chi connectivity index (χ1v) is 10.6. The lowest BCUT2D eigenvalue weighted by atomic mass is 10.1. The highest BCUT2D eigenvalue weighted by molar-refractivity contribution is 5.80.